The molecule has 0 aromatic heterocycles. The van der Waals surface area contributed by atoms with Gasteiger partial charge in [0.2, 0.25) is 0 Å². The highest BCUT2D eigenvalue weighted by Crippen LogP contribution is 2.28. The Hall–Kier alpha value is -1.79. The van der Waals surface area contributed by atoms with Crippen molar-refractivity contribution in [3.8, 4) is 11.5 Å². The molecule has 0 saturated heterocycles. The molecule has 6 heteroatoms. The zero-order valence-electron chi connectivity index (χ0n) is 11.8. The zero-order valence-corrected chi connectivity index (χ0v) is 11.8. The van der Waals surface area contributed by atoms with Gasteiger partial charge in [-0.25, -0.2) is 0 Å². The minimum absolute atomic E-state index is 0.0645. The van der Waals surface area contributed by atoms with E-state index < -0.39 is 12.0 Å². The molecular formula is C14H21NO5. The minimum atomic E-state index is -0.891. The second-order valence-electron chi connectivity index (χ2n) is 4.23. The van der Waals surface area contributed by atoms with Gasteiger partial charge in [-0.15, -0.1) is 0 Å². The van der Waals surface area contributed by atoms with Crippen LogP contribution in [0.25, 0.3) is 0 Å². The van der Waals surface area contributed by atoms with Gasteiger partial charge in [0.05, 0.1) is 13.2 Å². The van der Waals surface area contributed by atoms with Crippen LogP contribution in [-0.4, -0.2) is 42.0 Å². The number of aliphatic carboxylic acids is 1. The summed E-state index contributed by atoms with van der Waals surface area (Å²) in [6, 6.07) is 4.77. The maximum atomic E-state index is 10.7. The average molecular weight is 283 g/mol. The Morgan fingerprint density at radius 3 is 2.70 bits per heavy atom. The number of rotatable bonds is 9. The van der Waals surface area contributed by atoms with Crippen LogP contribution in [0.4, 0.5) is 0 Å². The lowest BCUT2D eigenvalue weighted by molar-refractivity contribution is -0.139. The van der Waals surface area contributed by atoms with Crippen molar-refractivity contribution in [3.05, 3.63) is 23.8 Å². The van der Waals surface area contributed by atoms with E-state index in [4.69, 9.17) is 19.7 Å². The largest absolute Gasteiger partial charge is 0.490 e. The van der Waals surface area contributed by atoms with Gasteiger partial charge in [-0.1, -0.05) is 6.07 Å². The molecule has 0 fully saturated rings. The first-order valence-corrected chi connectivity index (χ1v) is 6.54. The van der Waals surface area contributed by atoms with Crippen molar-refractivity contribution < 1.29 is 24.5 Å². The fourth-order valence-electron chi connectivity index (χ4n) is 1.56. The second-order valence-corrected chi connectivity index (χ2v) is 4.23. The second kappa shape index (κ2) is 8.39. The molecule has 0 aliphatic heterocycles. The first-order chi connectivity index (χ1) is 9.58. The summed E-state index contributed by atoms with van der Waals surface area (Å²) in [6.07, 6.45) is 0. The molecule has 0 unspecified atom stereocenters. The van der Waals surface area contributed by atoms with Crippen molar-refractivity contribution in [2.45, 2.75) is 26.4 Å². The minimum Gasteiger partial charge on any atom is -0.490 e. The fraction of sp³-hybridized carbons (Fsp3) is 0.500. The highest BCUT2D eigenvalue weighted by Gasteiger charge is 2.11. The summed E-state index contributed by atoms with van der Waals surface area (Å²) in [5.41, 5.74) is 0.901. The van der Waals surface area contributed by atoms with E-state index in [0.29, 0.717) is 24.7 Å². The quantitative estimate of drug-likeness (QED) is 0.627. The first kappa shape index (κ1) is 16.3. The molecule has 0 bridgehead atoms. The Kier molecular flexibility index (Phi) is 6.83. The number of benzene rings is 1. The Morgan fingerprint density at radius 1 is 1.35 bits per heavy atom. The van der Waals surface area contributed by atoms with Gasteiger partial charge in [0.25, 0.3) is 0 Å². The maximum absolute atomic E-state index is 10.7. The number of carboxylic acids is 1. The van der Waals surface area contributed by atoms with E-state index in [2.05, 4.69) is 5.32 Å². The molecule has 0 aliphatic rings. The van der Waals surface area contributed by atoms with Crippen LogP contribution < -0.4 is 14.8 Å². The molecule has 0 spiro atoms. The van der Waals surface area contributed by atoms with Crippen LogP contribution in [0.1, 0.15) is 19.4 Å². The lowest BCUT2D eigenvalue weighted by Gasteiger charge is -2.14. The molecule has 1 rings (SSSR count). The highest BCUT2D eigenvalue weighted by atomic mass is 16.5. The monoisotopic (exact) mass is 283 g/mol. The average Bonchev–Trinajstić information content (AvgIpc) is 2.44. The predicted octanol–water partition coefficient (Wildman–Crippen LogP) is 1.02. The normalized spacial score (nSPS) is 11.9. The van der Waals surface area contributed by atoms with Crippen LogP contribution in [0.3, 0.4) is 0 Å². The third-order valence-corrected chi connectivity index (χ3v) is 2.64. The van der Waals surface area contributed by atoms with E-state index in [1.54, 1.807) is 19.1 Å². The molecule has 1 aromatic rings. The zero-order chi connectivity index (χ0) is 15.0. The lowest BCUT2D eigenvalue weighted by atomic mass is 10.2. The van der Waals surface area contributed by atoms with E-state index in [9.17, 15) is 4.79 Å². The SMILES string of the molecule is CCOc1cc(CN[C@@H](C)C(=O)O)ccc1OCCO. The van der Waals surface area contributed by atoms with E-state index in [0.717, 1.165) is 5.56 Å². The Labute approximate surface area is 118 Å². The number of ether oxygens (including phenoxy) is 2. The van der Waals surface area contributed by atoms with Gasteiger partial charge in [-0.3, -0.25) is 4.79 Å². The van der Waals surface area contributed by atoms with Crippen molar-refractivity contribution >= 4 is 5.97 Å². The predicted molar refractivity (Wildman–Crippen MR) is 74.1 cm³/mol. The molecule has 3 N–H and O–H groups in total. The van der Waals surface area contributed by atoms with Gasteiger partial charge in [-0.2, -0.15) is 0 Å². The molecule has 20 heavy (non-hydrogen) atoms. The van der Waals surface area contributed by atoms with Crippen molar-refractivity contribution in [1.82, 2.24) is 5.32 Å². The summed E-state index contributed by atoms with van der Waals surface area (Å²) in [7, 11) is 0. The molecule has 0 aliphatic carbocycles. The molecule has 1 atom stereocenters. The summed E-state index contributed by atoms with van der Waals surface area (Å²) in [5.74, 6) is 0.261. The van der Waals surface area contributed by atoms with E-state index >= 15 is 0 Å². The third-order valence-electron chi connectivity index (χ3n) is 2.64. The van der Waals surface area contributed by atoms with Gasteiger partial charge in [0, 0.05) is 6.54 Å². The number of carbonyl (C=O) groups is 1. The molecule has 0 heterocycles. The summed E-state index contributed by atoms with van der Waals surface area (Å²) in [4.78, 5) is 10.7. The standard InChI is InChI=1S/C14H21NO5/c1-3-19-13-8-11(9-15-10(2)14(17)18)4-5-12(13)20-7-6-16/h4-5,8,10,15-16H,3,6-7,9H2,1-2H3,(H,17,18)/t10-/m0/s1. The molecular weight excluding hydrogens is 262 g/mol. The Morgan fingerprint density at radius 2 is 2.10 bits per heavy atom. The van der Waals surface area contributed by atoms with Gasteiger partial charge in [-0.05, 0) is 31.5 Å². The van der Waals surface area contributed by atoms with Crippen LogP contribution in [0, 0.1) is 0 Å². The molecule has 0 saturated carbocycles. The number of nitrogens with one attached hydrogen (secondary N) is 1. The topological polar surface area (TPSA) is 88.0 Å². The van der Waals surface area contributed by atoms with Crippen molar-refractivity contribution in [1.29, 1.82) is 0 Å². The van der Waals surface area contributed by atoms with E-state index in [-0.39, 0.29) is 13.2 Å². The number of carboxylic acid groups (broad SMARTS) is 1. The fourth-order valence-corrected chi connectivity index (χ4v) is 1.56. The van der Waals surface area contributed by atoms with Crippen LogP contribution in [0.15, 0.2) is 18.2 Å². The van der Waals surface area contributed by atoms with Crippen LogP contribution in [-0.2, 0) is 11.3 Å². The van der Waals surface area contributed by atoms with Gasteiger partial charge in [0.1, 0.15) is 12.6 Å². The van der Waals surface area contributed by atoms with E-state index in [1.165, 1.54) is 0 Å². The third kappa shape index (κ3) is 5.07. The van der Waals surface area contributed by atoms with Gasteiger partial charge >= 0.3 is 5.97 Å². The van der Waals surface area contributed by atoms with Gasteiger partial charge < -0.3 is 25.0 Å². The summed E-state index contributed by atoms with van der Waals surface area (Å²) in [6.45, 7) is 4.52. The maximum Gasteiger partial charge on any atom is 0.320 e. The van der Waals surface area contributed by atoms with Crippen LogP contribution >= 0.6 is 0 Å². The van der Waals surface area contributed by atoms with E-state index in [1.807, 2.05) is 13.0 Å². The number of aliphatic hydroxyl groups is 1. The van der Waals surface area contributed by atoms with Crippen molar-refractivity contribution in [2.75, 3.05) is 19.8 Å². The number of hydrogen-bond acceptors (Lipinski definition) is 5. The number of aliphatic hydroxyl groups excluding tert-OH is 1. The Balaban J connectivity index is 2.73. The van der Waals surface area contributed by atoms with Crippen LogP contribution in [0.2, 0.25) is 0 Å². The van der Waals surface area contributed by atoms with Crippen molar-refractivity contribution in [3.63, 3.8) is 0 Å². The van der Waals surface area contributed by atoms with Crippen LogP contribution in [0.5, 0.6) is 11.5 Å². The highest BCUT2D eigenvalue weighted by molar-refractivity contribution is 5.72. The lowest BCUT2D eigenvalue weighted by Crippen LogP contribution is -2.33. The molecule has 1 aromatic carbocycles. The number of hydrogen-bond donors (Lipinski definition) is 3. The summed E-state index contributed by atoms with van der Waals surface area (Å²) in [5, 5.41) is 20.5. The summed E-state index contributed by atoms with van der Waals surface area (Å²) < 4.78 is 10.8. The van der Waals surface area contributed by atoms with Gasteiger partial charge in [0.15, 0.2) is 11.5 Å². The smallest absolute Gasteiger partial charge is 0.320 e. The summed E-state index contributed by atoms with van der Waals surface area (Å²) >= 11 is 0. The molecule has 0 amide bonds. The molecule has 112 valence electrons. The molecule has 0 radical (unpaired) electrons. The molecule has 6 nitrogen and oxygen atoms in total. The first-order valence-electron chi connectivity index (χ1n) is 6.54. The Bertz CT molecular complexity index is 436. The van der Waals surface area contributed by atoms with Crippen molar-refractivity contribution in [2.24, 2.45) is 0 Å².